The van der Waals surface area contributed by atoms with Crippen LogP contribution in [0.3, 0.4) is 0 Å². The summed E-state index contributed by atoms with van der Waals surface area (Å²) in [7, 11) is 0. The van der Waals surface area contributed by atoms with Crippen molar-refractivity contribution in [3.8, 4) is 17.1 Å². The smallest absolute Gasteiger partial charge is 0.192 e. The number of thioether (sulfide) groups is 1. The Balaban J connectivity index is 1.62. The largest absolute Gasteiger partial charge is 0.508 e. The lowest BCUT2D eigenvalue weighted by Gasteiger charge is -2.10. The van der Waals surface area contributed by atoms with E-state index in [2.05, 4.69) is 10.2 Å². The molecule has 1 heterocycles. The second-order valence-corrected chi connectivity index (χ2v) is 7.45. The number of carbonyl (C=O) groups is 1. The van der Waals surface area contributed by atoms with Gasteiger partial charge in [-0.15, -0.1) is 10.2 Å². The first kappa shape index (κ1) is 19.0. The lowest BCUT2D eigenvalue weighted by molar-refractivity contribution is 0.102. The fraction of sp³-hybridized carbons (Fsp3) is 0.0870. The topological polar surface area (TPSA) is 68.0 Å². The highest BCUT2D eigenvalue weighted by molar-refractivity contribution is 7.99. The molecule has 0 bridgehead atoms. The van der Waals surface area contributed by atoms with Gasteiger partial charge in [-0.05, 0) is 29.8 Å². The van der Waals surface area contributed by atoms with Crippen molar-refractivity contribution in [2.75, 3.05) is 5.75 Å². The molecule has 3 aromatic carbocycles. The normalized spacial score (nSPS) is 10.8. The summed E-state index contributed by atoms with van der Waals surface area (Å²) in [5.74, 6) is 1.23. The van der Waals surface area contributed by atoms with E-state index in [1.165, 1.54) is 11.8 Å². The molecule has 0 spiro atoms. The van der Waals surface area contributed by atoms with Gasteiger partial charge in [-0.1, -0.05) is 72.4 Å². The summed E-state index contributed by atoms with van der Waals surface area (Å²) in [6.07, 6.45) is 0. The fourth-order valence-electron chi connectivity index (χ4n) is 2.97. The number of phenols is 1. The van der Waals surface area contributed by atoms with Crippen molar-refractivity contribution in [2.45, 2.75) is 11.7 Å². The van der Waals surface area contributed by atoms with Crippen molar-refractivity contribution in [3.63, 3.8) is 0 Å². The van der Waals surface area contributed by atoms with Crippen molar-refractivity contribution < 1.29 is 9.90 Å². The molecule has 0 amide bonds. The predicted octanol–water partition coefficient (Wildman–Crippen LogP) is 4.67. The van der Waals surface area contributed by atoms with Crippen molar-refractivity contribution in [1.29, 1.82) is 0 Å². The molecule has 0 unspecified atom stereocenters. The van der Waals surface area contributed by atoms with Crippen molar-refractivity contribution in [1.82, 2.24) is 14.8 Å². The summed E-state index contributed by atoms with van der Waals surface area (Å²) in [6, 6.07) is 26.2. The van der Waals surface area contributed by atoms with Gasteiger partial charge in [0.1, 0.15) is 5.75 Å². The van der Waals surface area contributed by atoms with Gasteiger partial charge >= 0.3 is 0 Å². The van der Waals surface area contributed by atoms with E-state index in [1.54, 1.807) is 12.1 Å². The molecule has 6 heteroatoms. The number of ketones is 1. The Labute approximate surface area is 173 Å². The van der Waals surface area contributed by atoms with Crippen molar-refractivity contribution in [3.05, 3.63) is 96.1 Å². The van der Waals surface area contributed by atoms with E-state index in [0.29, 0.717) is 23.1 Å². The van der Waals surface area contributed by atoms with Crippen LogP contribution in [0.25, 0.3) is 11.4 Å². The Morgan fingerprint density at radius 1 is 0.862 bits per heavy atom. The lowest BCUT2D eigenvalue weighted by Crippen LogP contribution is -2.07. The minimum absolute atomic E-state index is 0.0519. The Bertz CT molecular complexity index is 1090. The molecule has 0 aliphatic heterocycles. The van der Waals surface area contributed by atoms with Gasteiger partial charge in [-0.3, -0.25) is 9.36 Å². The van der Waals surface area contributed by atoms with E-state index in [4.69, 9.17) is 0 Å². The van der Waals surface area contributed by atoms with Gasteiger partial charge in [0.25, 0.3) is 0 Å². The molecule has 144 valence electrons. The number of nitrogens with zero attached hydrogens (tertiary/aromatic N) is 3. The molecule has 0 atom stereocenters. The summed E-state index contributed by atoms with van der Waals surface area (Å²) in [5, 5.41) is 19.0. The lowest BCUT2D eigenvalue weighted by atomic mass is 10.2. The average Bonchev–Trinajstić information content (AvgIpc) is 3.16. The average molecular weight is 401 g/mol. The number of rotatable bonds is 7. The van der Waals surface area contributed by atoms with E-state index < -0.39 is 0 Å². The zero-order chi connectivity index (χ0) is 20.1. The van der Waals surface area contributed by atoms with Crippen LogP contribution < -0.4 is 0 Å². The van der Waals surface area contributed by atoms with Crippen LogP contribution in [-0.4, -0.2) is 31.4 Å². The van der Waals surface area contributed by atoms with Gasteiger partial charge in [0.2, 0.25) is 0 Å². The van der Waals surface area contributed by atoms with Gasteiger partial charge in [-0.2, -0.15) is 0 Å². The molecular formula is C23H19N3O2S. The quantitative estimate of drug-likeness (QED) is 0.360. The molecule has 0 aliphatic carbocycles. The Morgan fingerprint density at radius 3 is 2.21 bits per heavy atom. The molecule has 0 radical (unpaired) electrons. The number of hydrogen-bond donors (Lipinski definition) is 1. The molecule has 0 saturated carbocycles. The van der Waals surface area contributed by atoms with E-state index in [0.717, 1.165) is 11.1 Å². The molecule has 0 fully saturated rings. The van der Waals surface area contributed by atoms with E-state index >= 15 is 0 Å². The minimum Gasteiger partial charge on any atom is -0.508 e. The Hall–Kier alpha value is -3.38. The minimum atomic E-state index is 0.0519. The predicted molar refractivity (Wildman–Crippen MR) is 114 cm³/mol. The van der Waals surface area contributed by atoms with Crippen molar-refractivity contribution >= 4 is 17.5 Å². The summed E-state index contributed by atoms with van der Waals surface area (Å²) in [5.41, 5.74) is 2.66. The van der Waals surface area contributed by atoms with Gasteiger partial charge in [0, 0.05) is 11.1 Å². The third kappa shape index (κ3) is 4.55. The maximum Gasteiger partial charge on any atom is 0.192 e. The van der Waals surface area contributed by atoms with Crippen LogP contribution in [0.1, 0.15) is 15.9 Å². The van der Waals surface area contributed by atoms with Crippen LogP contribution in [0.15, 0.2) is 90.1 Å². The summed E-state index contributed by atoms with van der Waals surface area (Å²) in [6.45, 7) is 0.589. The molecule has 4 aromatic rings. The van der Waals surface area contributed by atoms with Gasteiger partial charge in [0.15, 0.2) is 16.8 Å². The zero-order valence-corrected chi connectivity index (χ0v) is 16.4. The molecule has 0 saturated heterocycles. The third-order valence-electron chi connectivity index (χ3n) is 4.45. The van der Waals surface area contributed by atoms with Gasteiger partial charge < -0.3 is 5.11 Å². The molecular weight excluding hydrogens is 382 g/mol. The number of aromatic hydroxyl groups is 1. The zero-order valence-electron chi connectivity index (χ0n) is 15.6. The van der Waals surface area contributed by atoms with Crippen LogP contribution >= 0.6 is 11.8 Å². The van der Waals surface area contributed by atoms with Crippen LogP contribution in [-0.2, 0) is 6.54 Å². The van der Waals surface area contributed by atoms with E-state index in [9.17, 15) is 9.90 Å². The molecule has 5 nitrogen and oxygen atoms in total. The number of Topliss-reactive ketones (excluding diaryl/α,β-unsaturated/α-hetero) is 1. The standard InChI is InChI=1S/C23H19N3O2S/c27-20-13-11-19(12-14-20)22-24-25-23(26(22)15-17-7-3-1-4-8-17)29-16-21(28)18-9-5-2-6-10-18/h1-14,27H,15-16H2. The summed E-state index contributed by atoms with van der Waals surface area (Å²) >= 11 is 1.38. The molecule has 4 rings (SSSR count). The number of benzene rings is 3. The maximum absolute atomic E-state index is 12.5. The maximum atomic E-state index is 12.5. The molecule has 1 N–H and O–H groups in total. The second-order valence-electron chi connectivity index (χ2n) is 6.50. The third-order valence-corrected chi connectivity index (χ3v) is 5.42. The van der Waals surface area contributed by atoms with Gasteiger partial charge in [0.05, 0.1) is 12.3 Å². The monoisotopic (exact) mass is 401 g/mol. The Morgan fingerprint density at radius 2 is 1.52 bits per heavy atom. The highest BCUT2D eigenvalue weighted by atomic mass is 32.2. The first-order valence-electron chi connectivity index (χ1n) is 9.18. The number of hydrogen-bond acceptors (Lipinski definition) is 5. The first-order chi connectivity index (χ1) is 14.2. The van der Waals surface area contributed by atoms with E-state index in [1.807, 2.05) is 77.4 Å². The molecule has 29 heavy (non-hydrogen) atoms. The van der Waals surface area contributed by atoms with Crippen LogP contribution in [0.2, 0.25) is 0 Å². The number of carbonyl (C=O) groups excluding carboxylic acids is 1. The van der Waals surface area contributed by atoms with Crippen LogP contribution in [0.4, 0.5) is 0 Å². The van der Waals surface area contributed by atoms with Gasteiger partial charge in [-0.25, -0.2) is 0 Å². The molecule has 1 aromatic heterocycles. The fourth-order valence-corrected chi connectivity index (χ4v) is 3.80. The summed E-state index contributed by atoms with van der Waals surface area (Å²) < 4.78 is 2.00. The molecule has 0 aliphatic rings. The highest BCUT2D eigenvalue weighted by Gasteiger charge is 2.16. The first-order valence-corrected chi connectivity index (χ1v) is 10.2. The second kappa shape index (κ2) is 8.75. The summed E-state index contributed by atoms with van der Waals surface area (Å²) in [4.78, 5) is 12.5. The van der Waals surface area contributed by atoms with Crippen LogP contribution in [0, 0.1) is 0 Å². The van der Waals surface area contributed by atoms with E-state index in [-0.39, 0.29) is 17.3 Å². The number of phenolic OH excluding ortho intramolecular Hbond substituents is 1. The van der Waals surface area contributed by atoms with Crippen molar-refractivity contribution in [2.24, 2.45) is 0 Å². The highest BCUT2D eigenvalue weighted by Crippen LogP contribution is 2.27. The Kier molecular flexibility index (Phi) is 5.72. The number of aromatic nitrogens is 3. The SMILES string of the molecule is O=C(CSc1nnc(-c2ccc(O)cc2)n1Cc1ccccc1)c1ccccc1. The van der Waals surface area contributed by atoms with Crippen LogP contribution in [0.5, 0.6) is 5.75 Å².